The molecule has 0 spiro atoms. The van der Waals surface area contributed by atoms with Crippen LogP contribution >= 0.6 is 0 Å². The zero-order valence-electron chi connectivity index (χ0n) is 15.7. The van der Waals surface area contributed by atoms with Crippen molar-refractivity contribution in [3.63, 3.8) is 0 Å². The van der Waals surface area contributed by atoms with Gasteiger partial charge in [0.25, 0.3) is 5.91 Å². The number of benzene rings is 2. The molecule has 1 unspecified atom stereocenters. The quantitative estimate of drug-likeness (QED) is 0.753. The standard InChI is InChI=1S/C21H25NO4/c1-5-13-25-21(24)16(4)26-18-11-9-17(10-12-18)20(23)22-19-8-6-7-14(2)15(19)3/h6-12,16H,5,13H2,1-4H3,(H,22,23). The number of carbonyl (C=O) groups is 2. The van der Waals surface area contributed by atoms with Crippen LogP contribution in [0, 0.1) is 13.8 Å². The molecule has 0 heterocycles. The lowest BCUT2D eigenvalue weighted by Crippen LogP contribution is -2.26. The van der Waals surface area contributed by atoms with Crippen LogP contribution in [0.5, 0.6) is 5.75 Å². The van der Waals surface area contributed by atoms with E-state index in [4.69, 9.17) is 9.47 Å². The van der Waals surface area contributed by atoms with E-state index >= 15 is 0 Å². The van der Waals surface area contributed by atoms with Crippen molar-refractivity contribution in [2.24, 2.45) is 0 Å². The highest BCUT2D eigenvalue weighted by Gasteiger charge is 2.16. The normalized spacial score (nSPS) is 11.5. The van der Waals surface area contributed by atoms with Gasteiger partial charge in [0.2, 0.25) is 0 Å². The van der Waals surface area contributed by atoms with E-state index in [2.05, 4.69) is 5.32 Å². The molecule has 0 aliphatic carbocycles. The molecule has 1 amide bonds. The third kappa shape index (κ3) is 5.09. The van der Waals surface area contributed by atoms with Gasteiger partial charge < -0.3 is 14.8 Å². The Hall–Kier alpha value is -2.82. The molecule has 0 aliphatic rings. The first-order valence-electron chi connectivity index (χ1n) is 8.73. The Morgan fingerprint density at radius 1 is 1.08 bits per heavy atom. The molecular formula is C21H25NO4. The molecule has 5 heteroatoms. The Morgan fingerprint density at radius 3 is 2.42 bits per heavy atom. The van der Waals surface area contributed by atoms with Crippen molar-refractivity contribution in [1.82, 2.24) is 0 Å². The number of carbonyl (C=O) groups excluding carboxylic acids is 2. The average Bonchev–Trinajstić information content (AvgIpc) is 2.64. The van der Waals surface area contributed by atoms with Crippen LogP contribution in [0.25, 0.3) is 0 Å². The molecule has 2 aromatic carbocycles. The van der Waals surface area contributed by atoms with Crippen LogP contribution in [-0.2, 0) is 9.53 Å². The average molecular weight is 355 g/mol. The minimum atomic E-state index is -0.698. The zero-order valence-corrected chi connectivity index (χ0v) is 15.7. The molecule has 0 radical (unpaired) electrons. The number of amides is 1. The van der Waals surface area contributed by atoms with Gasteiger partial charge in [0.05, 0.1) is 6.61 Å². The predicted octanol–water partition coefficient (Wildman–Crippen LogP) is 4.28. The topological polar surface area (TPSA) is 64.6 Å². The molecule has 5 nitrogen and oxygen atoms in total. The number of anilines is 1. The van der Waals surface area contributed by atoms with Crippen LogP contribution < -0.4 is 10.1 Å². The smallest absolute Gasteiger partial charge is 0.347 e. The largest absolute Gasteiger partial charge is 0.479 e. The monoisotopic (exact) mass is 355 g/mol. The van der Waals surface area contributed by atoms with Gasteiger partial charge in [-0.25, -0.2) is 4.79 Å². The molecule has 1 N–H and O–H groups in total. The Bertz CT molecular complexity index is 768. The first kappa shape index (κ1) is 19.5. The summed E-state index contributed by atoms with van der Waals surface area (Å²) in [6, 6.07) is 12.5. The molecule has 138 valence electrons. The molecule has 0 aromatic heterocycles. The second-order valence-electron chi connectivity index (χ2n) is 6.15. The lowest BCUT2D eigenvalue weighted by Gasteiger charge is -2.14. The van der Waals surface area contributed by atoms with Gasteiger partial charge in [-0.3, -0.25) is 4.79 Å². The fraction of sp³-hybridized carbons (Fsp3) is 0.333. The number of hydrogen-bond donors (Lipinski definition) is 1. The van der Waals surface area contributed by atoms with E-state index in [1.807, 2.05) is 39.0 Å². The van der Waals surface area contributed by atoms with Crippen molar-refractivity contribution in [3.8, 4) is 5.75 Å². The first-order valence-corrected chi connectivity index (χ1v) is 8.73. The number of esters is 1. The highest BCUT2D eigenvalue weighted by molar-refractivity contribution is 6.04. The molecule has 1 atom stereocenters. The third-order valence-electron chi connectivity index (χ3n) is 4.06. The maximum Gasteiger partial charge on any atom is 0.347 e. The third-order valence-corrected chi connectivity index (χ3v) is 4.06. The van der Waals surface area contributed by atoms with E-state index in [0.29, 0.717) is 17.9 Å². The summed E-state index contributed by atoms with van der Waals surface area (Å²) in [7, 11) is 0. The second kappa shape index (κ2) is 9.04. The van der Waals surface area contributed by atoms with Gasteiger partial charge in [-0.1, -0.05) is 19.1 Å². The zero-order chi connectivity index (χ0) is 19.1. The van der Waals surface area contributed by atoms with Gasteiger partial charge in [-0.2, -0.15) is 0 Å². The molecule has 0 saturated heterocycles. The summed E-state index contributed by atoms with van der Waals surface area (Å²) in [6.45, 7) is 7.93. The van der Waals surface area contributed by atoms with E-state index in [1.165, 1.54) is 0 Å². The van der Waals surface area contributed by atoms with E-state index < -0.39 is 12.1 Å². The minimum Gasteiger partial charge on any atom is -0.479 e. The minimum absolute atomic E-state index is 0.194. The van der Waals surface area contributed by atoms with Crippen LogP contribution in [-0.4, -0.2) is 24.6 Å². The van der Waals surface area contributed by atoms with Gasteiger partial charge in [0, 0.05) is 11.3 Å². The Kier molecular flexibility index (Phi) is 6.78. The Morgan fingerprint density at radius 2 is 1.77 bits per heavy atom. The molecule has 26 heavy (non-hydrogen) atoms. The number of ether oxygens (including phenoxy) is 2. The summed E-state index contributed by atoms with van der Waals surface area (Å²) in [6.07, 6.45) is 0.0686. The summed E-state index contributed by atoms with van der Waals surface area (Å²) in [5.41, 5.74) is 3.47. The van der Waals surface area contributed by atoms with Crippen LogP contribution in [0.4, 0.5) is 5.69 Å². The van der Waals surface area contributed by atoms with Crippen LogP contribution in [0.1, 0.15) is 41.8 Å². The Balaban J connectivity index is 1.99. The maximum atomic E-state index is 12.4. The van der Waals surface area contributed by atoms with Crippen molar-refractivity contribution in [2.75, 3.05) is 11.9 Å². The van der Waals surface area contributed by atoms with Gasteiger partial charge in [0.1, 0.15) is 5.75 Å². The fourth-order valence-electron chi connectivity index (χ4n) is 2.34. The number of rotatable bonds is 7. The van der Waals surface area contributed by atoms with Crippen molar-refractivity contribution >= 4 is 17.6 Å². The molecule has 2 aromatic rings. The number of hydrogen-bond acceptors (Lipinski definition) is 4. The SMILES string of the molecule is CCCOC(=O)C(C)Oc1ccc(C(=O)Nc2cccc(C)c2C)cc1. The highest BCUT2D eigenvalue weighted by atomic mass is 16.6. The van der Waals surface area contributed by atoms with E-state index in [-0.39, 0.29) is 5.91 Å². The Labute approximate surface area is 154 Å². The summed E-state index contributed by atoms with van der Waals surface area (Å²) in [5.74, 6) is -0.0847. The van der Waals surface area contributed by atoms with Crippen molar-refractivity contribution in [3.05, 3.63) is 59.2 Å². The van der Waals surface area contributed by atoms with Gasteiger partial charge in [0.15, 0.2) is 6.10 Å². The first-order chi connectivity index (χ1) is 12.4. The molecule has 0 saturated carbocycles. The fourth-order valence-corrected chi connectivity index (χ4v) is 2.34. The van der Waals surface area contributed by atoms with Crippen LogP contribution in [0.2, 0.25) is 0 Å². The summed E-state index contributed by atoms with van der Waals surface area (Å²) in [4.78, 5) is 24.1. The molecule has 0 bridgehead atoms. The van der Waals surface area contributed by atoms with Crippen molar-refractivity contribution in [2.45, 2.75) is 40.2 Å². The lowest BCUT2D eigenvalue weighted by atomic mass is 10.1. The van der Waals surface area contributed by atoms with Gasteiger partial charge in [-0.15, -0.1) is 0 Å². The second-order valence-corrected chi connectivity index (χ2v) is 6.15. The van der Waals surface area contributed by atoms with Gasteiger partial charge in [-0.05, 0) is 68.7 Å². The van der Waals surface area contributed by atoms with Crippen molar-refractivity contribution in [1.29, 1.82) is 0 Å². The van der Waals surface area contributed by atoms with Crippen molar-refractivity contribution < 1.29 is 19.1 Å². The van der Waals surface area contributed by atoms with E-state index in [1.54, 1.807) is 31.2 Å². The van der Waals surface area contributed by atoms with Crippen LogP contribution in [0.3, 0.4) is 0 Å². The summed E-state index contributed by atoms with van der Waals surface area (Å²) < 4.78 is 10.6. The maximum absolute atomic E-state index is 12.4. The van der Waals surface area contributed by atoms with E-state index in [9.17, 15) is 9.59 Å². The summed E-state index contributed by atoms with van der Waals surface area (Å²) in [5, 5.41) is 2.92. The number of nitrogens with one attached hydrogen (secondary N) is 1. The molecular weight excluding hydrogens is 330 g/mol. The molecule has 2 rings (SSSR count). The predicted molar refractivity (Wildman–Crippen MR) is 102 cm³/mol. The van der Waals surface area contributed by atoms with Crippen LogP contribution in [0.15, 0.2) is 42.5 Å². The van der Waals surface area contributed by atoms with E-state index in [0.717, 1.165) is 23.2 Å². The number of aryl methyl sites for hydroxylation is 1. The van der Waals surface area contributed by atoms with Gasteiger partial charge >= 0.3 is 5.97 Å². The summed E-state index contributed by atoms with van der Waals surface area (Å²) >= 11 is 0. The molecule has 0 aliphatic heterocycles. The molecule has 0 fully saturated rings. The highest BCUT2D eigenvalue weighted by Crippen LogP contribution is 2.20. The lowest BCUT2D eigenvalue weighted by molar-refractivity contribution is -0.151.